The van der Waals surface area contributed by atoms with Crippen LogP contribution < -0.4 is 5.32 Å². The van der Waals surface area contributed by atoms with Crippen LogP contribution in [0.25, 0.3) is 0 Å². The summed E-state index contributed by atoms with van der Waals surface area (Å²) < 4.78 is 0. The Morgan fingerprint density at radius 2 is 1.69 bits per heavy atom. The van der Waals surface area contributed by atoms with Crippen molar-refractivity contribution >= 4 is 29.1 Å². The summed E-state index contributed by atoms with van der Waals surface area (Å²) >= 11 is 11.9. The number of carbonyl (C=O) groups excluding carboxylic acids is 1. The van der Waals surface area contributed by atoms with Gasteiger partial charge < -0.3 is 10.2 Å². The fourth-order valence-corrected chi connectivity index (χ4v) is 4.00. The molecule has 3 nitrogen and oxygen atoms in total. The second-order valence-corrected chi connectivity index (χ2v) is 7.76. The quantitative estimate of drug-likeness (QED) is 0.776. The van der Waals surface area contributed by atoms with Gasteiger partial charge in [-0.3, -0.25) is 4.79 Å². The number of benzene rings is 2. The van der Waals surface area contributed by atoms with Crippen molar-refractivity contribution in [2.45, 2.75) is 19.3 Å². The Bertz CT molecular complexity index is 708. The molecule has 1 fully saturated rings. The van der Waals surface area contributed by atoms with Crippen molar-refractivity contribution in [2.75, 3.05) is 26.2 Å². The lowest BCUT2D eigenvalue weighted by Gasteiger charge is -2.32. The summed E-state index contributed by atoms with van der Waals surface area (Å²) in [4.78, 5) is 14.6. The van der Waals surface area contributed by atoms with Crippen molar-refractivity contribution in [2.24, 2.45) is 5.92 Å². The lowest BCUT2D eigenvalue weighted by atomic mass is 9.90. The number of likely N-dealkylation sites (tertiary alicyclic amines) is 1. The Balaban J connectivity index is 1.38. The zero-order valence-electron chi connectivity index (χ0n) is 14.8. The smallest absolute Gasteiger partial charge is 0.251 e. The maximum absolute atomic E-state index is 12.2. The van der Waals surface area contributed by atoms with E-state index in [4.69, 9.17) is 23.2 Å². The molecular formula is C21H24Cl2N2O. The van der Waals surface area contributed by atoms with E-state index in [9.17, 15) is 4.79 Å². The van der Waals surface area contributed by atoms with E-state index in [1.807, 2.05) is 0 Å². The highest BCUT2D eigenvalue weighted by atomic mass is 35.5. The highest BCUT2D eigenvalue weighted by Gasteiger charge is 2.19. The van der Waals surface area contributed by atoms with Crippen molar-refractivity contribution in [3.8, 4) is 0 Å². The molecule has 0 spiro atoms. The van der Waals surface area contributed by atoms with Gasteiger partial charge in [-0.25, -0.2) is 0 Å². The van der Waals surface area contributed by atoms with E-state index in [1.54, 1.807) is 18.2 Å². The molecule has 1 heterocycles. The molecule has 1 N–H and O–H groups in total. The molecule has 138 valence electrons. The SMILES string of the molecule is O=C(NCCN1CCC(Cc2ccccc2)CC1)c1cc(Cl)cc(Cl)c1. The molecule has 0 aromatic heterocycles. The predicted molar refractivity (Wildman–Crippen MR) is 108 cm³/mol. The van der Waals surface area contributed by atoms with E-state index in [0.29, 0.717) is 22.2 Å². The number of hydrogen-bond acceptors (Lipinski definition) is 2. The van der Waals surface area contributed by atoms with Crippen LogP contribution in [0, 0.1) is 5.92 Å². The number of hydrogen-bond donors (Lipinski definition) is 1. The molecule has 1 amide bonds. The number of rotatable bonds is 6. The molecule has 1 aliphatic rings. The summed E-state index contributed by atoms with van der Waals surface area (Å²) in [5, 5.41) is 3.90. The fraction of sp³-hybridized carbons (Fsp3) is 0.381. The van der Waals surface area contributed by atoms with Gasteiger partial charge in [-0.05, 0) is 62.0 Å². The zero-order chi connectivity index (χ0) is 18.4. The van der Waals surface area contributed by atoms with Crippen molar-refractivity contribution < 1.29 is 4.79 Å². The lowest BCUT2D eigenvalue weighted by Crippen LogP contribution is -2.39. The van der Waals surface area contributed by atoms with Crippen LogP contribution in [0.1, 0.15) is 28.8 Å². The average Bonchev–Trinajstić information content (AvgIpc) is 2.63. The maximum atomic E-state index is 12.2. The third-order valence-corrected chi connectivity index (χ3v) is 5.35. The minimum Gasteiger partial charge on any atom is -0.351 e. The molecule has 1 aliphatic heterocycles. The van der Waals surface area contributed by atoms with Gasteiger partial charge in [0.05, 0.1) is 0 Å². The Kier molecular flexibility index (Phi) is 6.95. The fourth-order valence-electron chi connectivity index (χ4n) is 3.48. The molecule has 3 rings (SSSR count). The van der Waals surface area contributed by atoms with Crippen LogP contribution in [0.2, 0.25) is 10.0 Å². The zero-order valence-corrected chi connectivity index (χ0v) is 16.3. The predicted octanol–water partition coefficient (Wildman–Crippen LogP) is 4.68. The van der Waals surface area contributed by atoms with Gasteiger partial charge in [0.2, 0.25) is 0 Å². The van der Waals surface area contributed by atoms with Crippen molar-refractivity contribution in [3.63, 3.8) is 0 Å². The highest BCUT2D eigenvalue weighted by molar-refractivity contribution is 6.35. The van der Waals surface area contributed by atoms with E-state index in [2.05, 4.69) is 40.5 Å². The Labute approximate surface area is 165 Å². The Morgan fingerprint density at radius 1 is 1.04 bits per heavy atom. The minimum absolute atomic E-state index is 0.131. The number of carbonyl (C=O) groups is 1. The number of amides is 1. The van der Waals surface area contributed by atoms with E-state index in [1.165, 1.54) is 24.8 Å². The third kappa shape index (κ3) is 5.73. The molecule has 0 radical (unpaired) electrons. The van der Waals surface area contributed by atoms with Crippen LogP contribution >= 0.6 is 23.2 Å². The van der Waals surface area contributed by atoms with E-state index >= 15 is 0 Å². The van der Waals surface area contributed by atoms with Crippen LogP contribution in [-0.4, -0.2) is 37.0 Å². The van der Waals surface area contributed by atoms with Gasteiger partial charge in [-0.2, -0.15) is 0 Å². The first-order valence-electron chi connectivity index (χ1n) is 9.11. The van der Waals surface area contributed by atoms with E-state index in [-0.39, 0.29) is 5.91 Å². The van der Waals surface area contributed by atoms with E-state index in [0.717, 1.165) is 25.6 Å². The van der Waals surface area contributed by atoms with Crippen molar-refractivity contribution in [1.29, 1.82) is 0 Å². The molecule has 0 unspecified atom stereocenters. The van der Waals surface area contributed by atoms with Crippen LogP contribution in [0.5, 0.6) is 0 Å². The van der Waals surface area contributed by atoms with Crippen molar-refractivity contribution in [3.05, 3.63) is 69.7 Å². The lowest BCUT2D eigenvalue weighted by molar-refractivity contribution is 0.0944. The summed E-state index contributed by atoms with van der Waals surface area (Å²) in [5.74, 6) is 0.630. The number of piperidine rings is 1. The molecular weight excluding hydrogens is 367 g/mol. The number of halogens is 2. The van der Waals surface area contributed by atoms with E-state index < -0.39 is 0 Å². The summed E-state index contributed by atoms with van der Waals surface area (Å²) in [6.45, 7) is 3.69. The molecule has 5 heteroatoms. The van der Waals surface area contributed by atoms with Crippen LogP contribution in [0.3, 0.4) is 0 Å². The van der Waals surface area contributed by atoms with Gasteiger partial charge in [0.1, 0.15) is 0 Å². The first kappa shape index (κ1) is 19.2. The second-order valence-electron chi connectivity index (χ2n) is 6.89. The molecule has 26 heavy (non-hydrogen) atoms. The van der Waals surface area contributed by atoms with Gasteiger partial charge in [-0.1, -0.05) is 53.5 Å². The van der Waals surface area contributed by atoms with Crippen LogP contribution in [0.15, 0.2) is 48.5 Å². The molecule has 0 aliphatic carbocycles. The topological polar surface area (TPSA) is 32.3 Å². The normalized spacial score (nSPS) is 15.8. The average molecular weight is 391 g/mol. The number of nitrogens with one attached hydrogen (secondary N) is 1. The van der Waals surface area contributed by atoms with Gasteiger partial charge in [0.25, 0.3) is 5.91 Å². The largest absolute Gasteiger partial charge is 0.351 e. The molecule has 1 saturated heterocycles. The molecule has 2 aromatic carbocycles. The van der Waals surface area contributed by atoms with Crippen LogP contribution in [-0.2, 0) is 6.42 Å². The molecule has 0 atom stereocenters. The summed E-state index contributed by atoms with van der Waals surface area (Å²) in [7, 11) is 0. The molecule has 0 saturated carbocycles. The third-order valence-electron chi connectivity index (χ3n) is 4.91. The van der Waals surface area contributed by atoms with Gasteiger partial charge in [-0.15, -0.1) is 0 Å². The molecule has 0 bridgehead atoms. The highest BCUT2D eigenvalue weighted by Crippen LogP contribution is 2.21. The summed E-state index contributed by atoms with van der Waals surface area (Å²) in [6, 6.07) is 15.6. The monoisotopic (exact) mass is 390 g/mol. The molecule has 2 aromatic rings. The number of nitrogens with zero attached hydrogens (tertiary/aromatic N) is 1. The minimum atomic E-state index is -0.131. The van der Waals surface area contributed by atoms with Crippen LogP contribution in [0.4, 0.5) is 0 Å². The van der Waals surface area contributed by atoms with Gasteiger partial charge in [0, 0.05) is 28.7 Å². The first-order chi connectivity index (χ1) is 12.6. The van der Waals surface area contributed by atoms with Gasteiger partial charge >= 0.3 is 0 Å². The first-order valence-corrected chi connectivity index (χ1v) is 9.86. The summed E-state index contributed by atoms with van der Waals surface area (Å²) in [6.07, 6.45) is 3.60. The Morgan fingerprint density at radius 3 is 2.35 bits per heavy atom. The maximum Gasteiger partial charge on any atom is 0.251 e. The second kappa shape index (κ2) is 9.40. The summed E-state index contributed by atoms with van der Waals surface area (Å²) in [5.41, 5.74) is 1.93. The van der Waals surface area contributed by atoms with Crippen molar-refractivity contribution in [1.82, 2.24) is 10.2 Å². The standard InChI is InChI=1S/C21H24Cl2N2O/c22-19-13-18(14-20(23)15-19)21(26)24-8-11-25-9-6-17(7-10-25)12-16-4-2-1-3-5-16/h1-5,13-15,17H,6-12H2,(H,24,26). The van der Waals surface area contributed by atoms with Gasteiger partial charge in [0.15, 0.2) is 0 Å². The Hall–Kier alpha value is -1.55.